The number of benzene rings is 1. The summed E-state index contributed by atoms with van der Waals surface area (Å²) in [6, 6.07) is 2.23. The number of nitrogens with one attached hydrogen (secondary N) is 1. The van der Waals surface area contributed by atoms with E-state index in [4.69, 9.17) is 6.42 Å². The summed E-state index contributed by atoms with van der Waals surface area (Å²) in [4.78, 5) is 10.1. The minimum atomic E-state index is -0.661. The highest BCUT2D eigenvalue weighted by Crippen LogP contribution is 2.30. The largest absolute Gasteiger partial charge is 0.379 e. The third-order valence-corrected chi connectivity index (χ3v) is 2.66. The Bertz CT molecular complexity index is 471. The van der Waals surface area contributed by atoms with Crippen LogP contribution in [0.5, 0.6) is 0 Å². The molecule has 1 rings (SSSR count). The molecule has 1 aromatic rings. The molecule has 1 aromatic carbocycles. The van der Waals surface area contributed by atoms with Gasteiger partial charge in [0.2, 0.25) is 0 Å². The van der Waals surface area contributed by atoms with Gasteiger partial charge in [-0.1, -0.05) is 0 Å². The first-order valence-electron chi connectivity index (χ1n) is 4.87. The van der Waals surface area contributed by atoms with Gasteiger partial charge < -0.3 is 5.32 Å². The van der Waals surface area contributed by atoms with E-state index in [9.17, 15) is 14.5 Å². The average Bonchev–Trinajstić information content (AvgIpc) is 2.28. The van der Waals surface area contributed by atoms with Gasteiger partial charge in [-0.2, -0.15) is 0 Å². The lowest BCUT2D eigenvalue weighted by Crippen LogP contribution is -2.04. The Morgan fingerprint density at radius 1 is 1.59 bits per heavy atom. The van der Waals surface area contributed by atoms with Crippen molar-refractivity contribution in [3.8, 4) is 12.3 Å². The van der Waals surface area contributed by atoms with Crippen molar-refractivity contribution in [1.29, 1.82) is 0 Å². The van der Waals surface area contributed by atoms with E-state index in [1.165, 1.54) is 6.07 Å². The predicted molar refractivity (Wildman–Crippen MR) is 67.3 cm³/mol. The van der Waals surface area contributed by atoms with Gasteiger partial charge in [0.05, 0.1) is 15.5 Å². The van der Waals surface area contributed by atoms with Crippen molar-refractivity contribution in [2.24, 2.45) is 0 Å². The molecule has 0 spiro atoms. The monoisotopic (exact) mass is 300 g/mol. The summed E-state index contributed by atoms with van der Waals surface area (Å²) in [5.74, 6) is 1.81. The van der Waals surface area contributed by atoms with Crippen LogP contribution in [0.4, 0.5) is 15.8 Å². The van der Waals surface area contributed by atoms with Gasteiger partial charge in [0.1, 0.15) is 11.5 Å². The van der Waals surface area contributed by atoms with Crippen LogP contribution in [0.2, 0.25) is 0 Å². The number of hydrogen-bond donors (Lipinski definition) is 1. The second kappa shape index (κ2) is 6.21. The van der Waals surface area contributed by atoms with Crippen molar-refractivity contribution >= 4 is 27.3 Å². The highest BCUT2D eigenvalue weighted by molar-refractivity contribution is 9.10. The lowest BCUT2D eigenvalue weighted by Gasteiger charge is -2.07. The van der Waals surface area contributed by atoms with Crippen LogP contribution < -0.4 is 5.32 Å². The fourth-order valence-electron chi connectivity index (χ4n) is 1.24. The molecule has 0 amide bonds. The number of hydrogen-bond acceptors (Lipinski definition) is 3. The van der Waals surface area contributed by atoms with Crippen molar-refractivity contribution in [2.75, 3.05) is 11.9 Å². The molecule has 0 heterocycles. The van der Waals surface area contributed by atoms with Gasteiger partial charge in [-0.25, -0.2) is 4.39 Å². The van der Waals surface area contributed by atoms with E-state index in [2.05, 4.69) is 27.2 Å². The number of rotatable bonds is 5. The van der Waals surface area contributed by atoms with Crippen LogP contribution in [0.15, 0.2) is 16.6 Å². The van der Waals surface area contributed by atoms with E-state index in [1.807, 2.05) is 0 Å². The number of anilines is 1. The van der Waals surface area contributed by atoms with Crippen LogP contribution in [0, 0.1) is 28.3 Å². The summed E-state index contributed by atoms with van der Waals surface area (Å²) in [5.41, 5.74) is -0.00768. The second-order valence-electron chi connectivity index (χ2n) is 3.28. The molecule has 0 aliphatic rings. The molecule has 0 atom stereocenters. The zero-order valence-electron chi connectivity index (χ0n) is 8.87. The predicted octanol–water partition coefficient (Wildman–Crippen LogP) is 3.32. The van der Waals surface area contributed by atoms with E-state index >= 15 is 0 Å². The number of nitro groups is 1. The van der Waals surface area contributed by atoms with Crippen molar-refractivity contribution in [3.05, 3.63) is 32.5 Å². The molecule has 17 heavy (non-hydrogen) atoms. The molecule has 1 N–H and O–H groups in total. The third-order valence-electron chi connectivity index (χ3n) is 2.05. The van der Waals surface area contributed by atoms with Crippen LogP contribution in [-0.2, 0) is 0 Å². The van der Waals surface area contributed by atoms with Gasteiger partial charge in [-0.05, 0) is 28.4 Å². The average molecular weight is 301 g/mol. The maximum Gasteiger partial charge on any atom is 0.295 e. The van der Waals surface area contributed by atoms with Gasteiger partial charge in [0, 0.05) is 13.0 Å². The Hall–Kier alpha value is -1.61. The number of halogens is 2. The smallest absolute Gasteiger partial charge is 0.295 e. The van der Waals surface area contributed by atoms with Gasteiger partial charge >= 0.3 is 0 Å². The lowest BCUT2D eigenvalue weighted by molar-refractivity contribution is -0.384. The molecule has 0 fully saturated rings. The number of terminal acetylenes is 1. The first-order valence-corrected chi connectivity index (χ1v) is 5.66. The molecule has 0 aliphatic carbocycles. The first kappa shape index (κ1) is 13.5. The fraction of sp³-hybridized carbons (Fsp3) is 0.273. The zero-order valence-corrected chi connectivity index (χ0v) is 10.5. The van der Waals surface area contributed by atoms with Crippen LogP contribution in [0.3, 0.4) is 0 Å². The topological polar surface area (TPSA) is 55.2 Å². The van der Waals surface area contributed by atoms with E-state index in [-0.39, 0.29) is 15.8 Å². The van der Waals surface area contributed by atoms with Gasteiger partial charge in [-0.15, -0.1) is 12.3 Å². The highest BCUT2D eigenvalue weighted by atomic mass is 79.9. The molecule has 0 aliphatic heterocycles. The SMILES string of the molecule is C#CCCCNc1cc(Br)c(F)cc1[N+](=O)[O-]. The molecule has 90 valence electrons. The number of nitro benzene ring substituents is 1. The van der Waals surface area contributed by atoms with E-state index in [0.717, 1.165) is 6.07 Å². The summed E-state index contributed by atoms with van der Waals surface area (Å²) < 4.78 is 13.3. The van der Waals surface area contributed by atoms with E-state index in [0.29, 0.717) is 19.4 Å². The fourth-order valence-corrected chi connectivity index (χ4v) is 1.59. The number of nitrogens with zero attached hydrogens (tertiary/aromatic N) is 1. The summed E-state index contributed by atoms with van der Waals surface area (Å²) in [5, 5.41) is 13.6. The molecule has 0 aromatic heterocycles. The molecule has 0 bridgehead atoms. The Morgan fingerprint density at radius 3 is 2.88 bits per heavy atom. The molecular weight excluding hydrogens is 291 g/mol. The lowest BCUT2D eigenvalue weighted by atomic mass is 10.2. The molecule has 6 heteroatoms. The minimum Gasteiger partial charge on any atom is -0.379 e. The Labute approximate surface area is 106 Å². The van der Waals surface area contributed by atoms with Crippen molar-refractivity contribution < 1.29 is 9.31 Å². The van der Waals surface area contributed by atoms with Crippen molar-refractivity contribution in [1.82, 2.24) is 0 Å². The highest BCUT2D eigenvalue weighted by Gasteiger charge is 2.16. The van der Waals surface area contributed by atoms with Crippen LogP contribution in [-0.4, -0.2) is 11.5 Å². The molecular formula is C11H10BrFN2O2. The summed E-state index contributed by atoms with van der Waals surface area (Å²) in [6.07, 6.45) is 6.37. The molecule has 0 saturated heterocycles. The van der Waals surface area contributed by atoms with Gasteiger partial charge in [-0.3, -0.25) is 10.1 Å². The van der Waals surface area contributed by atoms with Crippen LogP contribution >= 0.6 is 15.9 Å². The number of unbranched alkanes of at least 4 members (excludes halogenated alkanes) is 1. The van der Waals surface area contributed by atoms with E-state index in [1.54, 1.807) is 0 Å². The molecule has 0 saturated carbocycles. The standard InChI is InChI=1S/C11H10BrFN2O2/c1-2-3-4-5-14-10-6-8(12)9(13)7-11(10)15(16)17/h1,6-7,14H,3-5H2. The molecule has 0 unspecified atom stereocenters. The Morgan fingerprint density at radius 2 is 2.29 bits per heavy atom. The van der Waals surface area contributed by atoms with E-state index < -0.39 is 10.7 Å². The zero-order chi connectivity index (χ0) is 12.8. The Kier molecular flexibility index (Phi) is 4.91. The Balaban J connectivity index is 2.86. The summed E-state index contributed by atoms with van der Waals surface area (Å²) in [6.45, 7) is 0.503. The summed E-state index contributed by atoms with van der Waals surface area (Å²) in [7, 11) is 0. The quantitative estimate of drug-likeness (QED) is 0.393. The van der Waals surface area contributed by atoms with Gasteiger partial charge in [0.15, 0.2) is 0 Å². The van der Waals surface area contributed by atoms with Crippen molar-refractivity contribution in [3.63, 3.8) is 0 Å². The third kappa shape index (κ3) is 3.71. The summed E-state index contributed by atoms with van der Waals surface area (Å²) >= 11 is 2.98. The first-order chi connectivity index (χ1) is 8.06. The normalized spacial score (nSPS) is 9.71. The van der Waals surface area contributed by atoms with Gasteiger partial charge in [0.25, 0.3) is 5.69 Å². The molecule has 0 radical (unpaired) electrons. The minimum absolute atomic E-state index is 0.183. The molecule has 4 nitrogen and oxygen atoms in total. The second-order valence-corrected chi connectivity index (χ2v) is 4.13. The maximum atomic E-state index is 13.2. The van der Waals surface area contributed by atoms with Crippen LogP contribution in [0.1, 0.15) is 12.8 Å². The maximum absolute atomic E-state index is 13.2. The van der Waals surface area contributed by atoms with Crippen LogP contribution in [0.25, 0.3) is 0 Å². The van der Waals surface area contributed by atoms with Crippen molar-refractivity contribution in [2.45, 2.75) is 12.8 Å².